The Hall–Kier alpha value is -1.67. The molecule has 0 aromatic heterocycles. The SMILES string of the molecule is CC1CC1CNS(=O)(=O)c1ccc(O)c([N+](=O)[O-])c1. The molecule has 2 unspecified atom stereocenters. The van der Waals surface area contributed by atoms with E-state index in [0.29, 0.717) is 18.4 Å². The number of benzene rings is 1. The second kappa shape index (κ2) is 4.78. The molecule has 8 heteroatoms. The van der Waals surface area contributed by atoms with Gasteiger partial charge in [-0.2, -0.15) is 0 Å². The lowest BCUT2D eigenvalue weighted by Crippen LogP contribution is -2.26. The van der Waals surface area contributed by atoms with Crippen LogP contribution in [0.4, 0.5) is 5.69 Å². The molecule has 19 heavy (non-hydrogen) atoms. The molecular formula is C11H14N2O5S. The van der Waals surface area contributed by atoms with Gasteiger partial charge < -0.3 is 5.11 Å². The zero-order valence-corrected chi connectivity index (χ0v) is 11.1. The van der Waals surface area contributed by atoms with Gasteiger partial charge in [-0.25, -0.2) is 13.1 Å². The average molecular weight is 286 g/mol. The maximum absolute atomic E-state index is 11.9. The minimum Gasteiger partial charge on any atom is -0.502 e. The molecule has 0 saturated heterocycles. The van der Waals surface area contributed by atoms with Crippen LogP contribution in [0.2, 0.25) is 0 Å². The fourth-order valence-corrected chi connectivity index (χ4v) is 2.91. The van der Waals surface area contributed by atoms with Crippen LogP contribution in [0.5, 0.6) is 5.75 Å². The molecule has 104 valence electrons. The molecule has 0 heterocycles. The Balaban J connectivity index is 2.20. The van der Waals surface area contributed by atoms with Gasteiger partial charge in [0.15, 0.2) is 5.75 Å². The van der Waals surface area contributed by atoms with Gasteiger partial charge in [0, 0.05) is 12.6 Å². The summed E-state index contributed by atoms with van der Waals surface area (Å²) in [7, 11) is -3.78. The quantitative estimate of drug-likeness (QED) is 0.625. The molecule has 1 fully saturated rings. The zero-order chi connectivity index (χ0) is 14.2. The standard InChI is InChI=1S/C11H14N2O5S/c1-7-4-8(7)6-12-19(17,18)9-2-3-11(14)10(5-9)13(15)16/h2-3,5,7-8,12,14H,4,6H2,1H3. The molecule has 0 bridgehead atoms. The van der Waals surface area contributed by atoms with E-state index >= 15 is 0 Å². The molecule has 1 aromatic rings. The van der Waals surface area contributed by atoms with E-state index in [0.717, 1.165) is 24.6 Å². The number of phenols is 1. The molecule has 0 radical (unpaired) electrons. The lowest BCUT2D eigenvalue weighted by molar-refractivity contribution is -0.386. The molecular weight excluding hydrogens is 272 g/mol. The number of nitrogens with one attached hydrogen (secondary N) is 1. The first-order valence-electron chi connectivity index (χ1n) is 5.78. The monoisotopic (exact) mass is 286 g/mol. The second-order valence-electron chi connectivity index (χ2n) is 4.73. The van der Waals surface area contributed by atoms with E-state index in [1.807, 2.05) is 6.92 Å². The third kappa shape index (κ3) is 3.02. The Labute approximate surface area is 110 Å². The summed E-state index contributed by atoms with van der Waals surface area (Å²) in [5, 5.41) is 19.9. The Morgan fingerprint density at radius 3 is 2.68 bits per heavy atom. The van der Waals surface area contributed by atoms with Crippen molar-refractivity contribution in [1.82, 2.24) is 4.72 Å². The fraction of sp³-hybridized carbons (Fsp3) is 0.455. The number of phenolic OH excluding ortho intramolecular Hbond substituents is 1. The summed E-state index contributed by atoms with van der Waals surface area (Å²) < 4.78 is 26.3. The van der Waals surface area contributed by atoms with E-state index in [4.69, 9.17) is 0 Å². The first-order chi connectivity index (χ1) is 8.81. The lowest BCUT2D eigenvalue weighted by atomic mass is 10.3. The van der Waals surface area contributed by atoms with Crippen molar-refractivity contribution < 1.29 is 18.4 Å². The largest absolute Gasteiger partial charge is 0.502 e. The molecule has 2 atom stereocenters. The molecule has 2 N–H and O–H groups in total. The highest BCUT2D eigenvalue weighted by Gasteiger charge is 2.33. The zero-order valence-electron chi connectivity index (χ0n) is 10.2. The van der Waals surface area contributed by atoms with Crippen LogP contribution < -0.4 is 4.72 Å². The molecule has 1 aliphatic rings. The molecule has 1 aliphatic carbocycles. The van der Waals surface area contributed by atoms with Gasteiger partial charge in [0.1, 0.15) is 0 Å². The molecule has 7 nitrogen and oxygen atoms in total. The maximum atomic E-state index is 11.9. The summed E-state index contributed by atoms with van der Waals surface area (Å²) in [5.74, 6) is 0.290. The fourth-order valence-electron chi connectivity index (χ4n) is 1.80. The first-order valence-corrected chi connectivity index (χ1v) is 7.26. The van der Waals surface area contributed by atoms with Gasteiger partial charge in [-0.15, -0.1) is 0 Å². The summed E-state index contributed by atoms with van der Waals surface area (Å²) >= 11 is 0. The summed E-state index contributed by atoms with van der Waals surface area (Å²) in [6.45, 7) is 2.36. The van der Waals surface area contributed by atoms with Crippen molar-refractivity contribution >= 4 is 15.7 Å². The van der Waals surface area contributed by atoms with Crippen LogP contribution in [-0.2, 0) is 10.0 Å². The normalized spacial score (nSPS) is 22.2. The highest BCUT2D eigenvalue weighted by molar-refractivity contribution is 7.89. The molecule has 1 aromatic carbocycles. The summed E-state index contributed by atoms with van der Waals surface area (Å²) in [6.07, 6.45) is 0.984. The number of nitro groups is 1. The average Bonchev–Trinajstić information content (AvgIpc) is 3.03. The van der Waals surface area contributed by atoms with Gasteiger partial charge in [0.05, 0.1) is 9.82 Å². The van der Waals surface area contributed by atoms with E-state index in [-0.39, 0.29) is 4.90 Å². The van der Waals surface area contributed by atoms with Crippen LogP contribution >= 0.6 is 0 Å². The van der Waals surface area contributed by atoms with Crippen molar-refractivity contribution in [3.05, 3.63) is 28.3 Å². The number of hydrogen-bond acceptors (Lipinski definition) is 5. The van der Waals surface area contributed by atoms with Crippen LogP contribution in [0, 0.1) is 22.0 Å². The van der Waals surface area contributed by atoms with Gasteiger partial charge in [-0.05, 0) is 30.4 Å². The van der Waals surface area contributed by atoms with Gasteiger partial charge in [-0.1, -0.05) is 6.92 Å². The van der Waals surface area contributed by atoms with E-state index < -0.39 is 26.4 Å². The van der Waals surface area contributed by atoms with Gasteiger partial charge >= 0.3 is 5.69 Å². The van der Waals surface area contributed by atoms with Crippen LogP contribution in [0.25, 0.3) is 0 Å². The Bertz CT molecular complexity index is 614. The Morgan fingerprint density at radius 2 is 2.16 bits per heavy atom. The second-order valence-corrected chi connectivity index (χ2v) is 6.50. The van der Waals surface area contributed by atoms with E-state index in [9.17, 15) is 23.6 Å². The summed E-state index contributed by atoms with van der Waals surface area (Å²) in [4.78, 5) is 9.61. The van der Waals surface area contributed by atoms with Crippen molar-refractivity contribution in [3.63, 3.8) is 0 Å². The van der Waals surface area contributed by atoms with Crippen molar-refractivity contribution in [2.45, 2.75) is 18.2 Å². The van der Waals surface area contributed by atoms with Crippen LogP contribution in [0.1, 0.15) is 13.3 Å². The number of sulfonamides is 1. The number of rotatable bonds is 5. The lowest BCUT2D eigenvalue weighted by Gasteiger charge is -2.06. The van der Waals surface area contributed by atoms with Crippen LogP contribution in [0.15, 0.2) is 23.1 Å². The Morgan fingerprint density at radius 1 is 1.53 bits per heavy atom. The van der Waals surface area contributed by atoms with E-state index in [1.54, 1.807) is 0 Å². The van der Waals surface area contributed by atoms with E-state index in [2.05, 4.69) is 4.72 Å². The van der Waals surface area contributed by atoms with Crippen LogP contribution in [-0.4, -0.2) is 25.0 Å². The minimum atomic E-state index is -3.78. The number of hydrogen-bond donors (Lipinski definition) is 2. The van der Waals surface area contributed by atoms with Gasteiger partial charge in [0.25, 0.3) is 0 Å². The van der Waals surface area contributed by atoms with Gasteiger partial charge in [-0.3, -0.25) is 10.1 Å². The van der Waals surface area contributed by atoms with E-state index in [1.165, 1.54) is 0 Å². The molecule has 0 amide bonds. The molecule has 0 spiro atoms. The van der Waals surface area contributed by atoms with Gasteiger partial charge in [0.2, 0.25) is 10.0 Å². The van der Waals surface area contributed by atoms with Crippen LogP contribution in [0.3, 0.4) is 0 Å². The maximum Gasteiger partial charge on any atom is 0.312 e. The summed E-state index contributed by atoms with van der Waals surface area (Å²) in [6, 6.07) is 3.00. The van der Waals surface area contributed by atoms with Crippen molar-refractivity contribution in [3.8, 4) is 5.75 Å². The topological polar surface area (TPSA) is 110 Å². The predicted octanol–water partition coefficient (Wildman–Crippen LogP) is 1.23. The third-order valence-electron chi connectivity index (χ3n) is 3.27. The predicted molar refractivity (Wildman–Crippen MR) is 67.2 cm³/mol. The molecule has 0 aliphatic heterocycles. The number of nitro benzene ring substituents is 1. The Kier molecular flexibility index (Phi) is 3.46. The third-order valence-corrected chi connectivity index (χ3v) is 4.69. The van der Waals surface area contributed by atoms with Crippen molar-refractivity contribution in [1.29, 1.82) is 0 Å². The minimum absolute atomic E-state index is 0.217. The summed E-state index contributed by atoms with van der Waals surface area (Å²) in [5.41, 5.74) is -0.623. The number of nitrogens with zero attached hydrogens (tertiary/aromatic N) is 1. The number of aromatic hydroxyl groups is 1. The highest BCUT2D eigenvalue weighted by Crippen LogP contribution is 2.37. The smallest absolute Gasteiger partial charge is 0.312 e. The highest BCUT2D eigenvalue weighted by atomic mass is 32.2. The van der Waals surface area contributed by atoms with Crippen molar-refractivity contribution in [2.75, 3.05) is 6.54 Å². The molecule has 1 saturated carbocycles. The van der Waals surface area contributed by atoms with Crippen molar-refractivity contribution in [2.24, 2.45) is 11.8 Å². The molecule has 2 rings (SSSR count). The first kappa shape index (κ1) is 13.8.